The summed E-state index contributed by atoms with van der Waals surface area (Å²) in [4.78, 5) is 37.7. The Kier molecular flexibility index (Phi) is 5.96. The Bertz CT molecular complexity index is 1310. The van der Waals surface area contributed by atoms with E-state index in [-0.39, 0.29) is 22.6 Å². The lowest BCUT2D eigenvalue weighted by atomic mass is 9.95. The Balaban J connectivity index is 1.84. The summed E-state index contributed by atoms with van der Waals surface area (Å²) < 4.78 is 10.5. The molecule has 2 heterocycles. The molecular weight excluding hydrogens is 442 g/mol. The van der Waals surface area contributed by atoms with E-state index in [0.717, 1.165) is 4.90 Å². The second kappa shape index (κ2) is 9.02. The highest BCUT2D eigenvalue weighted by molar-refractivity contribution is 6.51. The number of non-ortho nitro benzene ring substituents is 1. The molecule has 172 valence electrons. The van der Waals surface area contributed by atoms with Crippen molar-refractivity contribution < 1.29 is 28.9 Å². The largest absolute Gasteiger partial charge is 0.507 e. The van der Waals surface area contributed by atoms with Gasteiger partial charge in [-0.05, 0) is 48.9 Å². The summed E-state index contributed by atoms with van der Waals surface area (Å²) in [5.41, 5.74) is 0.317. The summed E-state index contributed by atoms with van der Waals surface area (Å²) in [6.45, 7) is 5.51. The molecule has 0 saturated carbocycles. The molecule has 1 N–H and O–H groups in total. The van der Waals surface area contributed by atoms with E-state index in [9.17, 15) is 24.8 Å². The molecule has 1 amide bonds. The van der Waals surface area contributed by atoms with Gasteiger partial charge < -0.3 is 14.4 Å². The standard InChI is InChI=1S/C24H19N3O7/c1-3-12-33-18-10-6-16(7-11-18)22(28)20-21(15-4-8-17(9-5-15)27(31)32)26(24(30)23(20)29)19-13-14(2)34-25-19/h3-11,13,21,28H,1,12H2,2H3/b22-20+/t21-/m0/s1. The number of ketones is 1. The van der Waals surface area contributed by atoms with Crippen LogP contribution in [0.4, 0.5) is 11.5 Å². The summed E-state index contributed by atoms with van der Waals surface area (Å²) in [6, 6.07) is 12.1. The number of aromatic nitrogens is 1. The predicted molar refractivity (Wildman–Crippen MR) is 121 cm³/mol. The van der Waals surface area contributed by atoms with Crippen molar-refractivity contribution in [3.63, 3.8) is 0 Å². The van der Waals surface area contributed by atoms with Crippen LogP contribution in [-0.2, 0) is 9.59 Å². The molecule has 1 aliphatic rings. The molecule has 0 radical (unpaired) electrons. The molecule has 1 aromatic heterocycles. The lowest BCUT2D eigenvalue weighted by molar-refractivity contribution is -0.384. The molecule has 0 bridgehead atoms. The van der Waals surface area contributed by atoms with E-state index < -0.39 is 28.4 Å². The lowest BCUT2D eigenvalue weighted by Gasteiger charge is -2.22. The number of aliphatic hydroxyl groups is 1. The number of carbonyl (C=O) groups is 2. The van der Waals surface area contributed by atoms with Crippen LogP contribution in [0.1, 0.15) is 22.9 Å². The quantitative estimate of drug-likeness (QED) is 0.139. The first kappa shape index (κ1) is 22.5. The van der Waals surface area contributed by atoms with Crippen molar-refractivity contribution >= 4 is 29.0 Å². The fraction of sp³-hybridized carbons (Fsp3) is 0.125. The van der Waals surface area contributed by atoms with Gasteiger partial charge >= 0.3 is 5.91 Å². The number of anilines is 1. The molecule has 0 unspecified atom stereocenters. The number of aliphatic hydroxyl groups excluding tert-OH is 1. The third kappa shape index (κ3) is 4.04. The number of hydrogen-bond acceptors (Lipinski definition) is 8. The number of nitro benzene ring substituents is 1. The van der Waals surface area contributed by atoms with E-state index in [4.69, 9.17) is 9.26 Å². The van der Waals surface area contributed by atoms with Crippen molar-refractivity contribution in [1.82, 2.24) is 5.16 Å². The molecule has 1 atom stereocenters. The van der Waals surface area contributed by atoms with Gasteiger partial charge in [0.15, 0.2) is 5.82 Å². The minimum absolute atomic E-state index is 0.0789. The zero-order valence-corrected chi connectivity index (χ0v) is 18.0. The molecule has 4 rings (SSSR count). The average Bonchev–Trinajstić information content (AvgIpc) is 3.38. The maximum Gasteiger partial charge on any atom is 0.301 e. The van der Waals surface area contributed by atoms with Gasteiger partial charge in [-0.15, -0.1) is 0 Å². The highest BCUT2D eigenvalue weighted by Gasteiger charge is 2.48. The van der Waals surface area contributed by atoms with Gasteiger partial charge in [0.05, 0.1) is 16.5 Å². The monoisotopic (exact) mass is 461 g/mol. The predicted octanol–water partition coefficient (Wildman–Crippen LogP) is 4.08. The van der Waals surface area contributed by atoms with Crippen molar-refractivity contribution in [2.45, 2.75) is 13.0 Å². The van der Waals surface area contributed by atoms with E-state index >= 15 is 0 Å². The van der Waals surface area contributed by atoms with Gasteiger partial charge in [0.25, 0.3) is 11.5 Å². The number of hydrogen-bond donors (Lipinski definition) is 1. The molecule has 1 aliphatic heterocycles. The van der Waals surface area contributed by atoms with Crippen LogP contribution in [0.3, 0.4) is 0 Å². The number of aryl methyl sites for hydroxylation is 1. The Hall–Kier alpha value is -4.73. The van der Waals surface area contributed by atoms with E-state index in [1.807, 2.05) is 0 Å². The Morgan fingerprint density at radius 3 is 2.47 bits per heavy atom. The SMILES string of the molecule is C=CCOc1ccc(/C(O)=C2\C(=O)C(=O)N(c3cc(C)on3)[C@H]2c2ccc([N+](=O)[O-])cc2)cc1. The smallest absolute Gasteiger partial charge is 0.301 e. The van der Waals surface area contributed by atoms with E-state index in [1.54, 1.807) is 37.3 Å². The van der Waals surface area contributed by atoms with Crippen LogP contribution in [0.15, 0.2) is 77.3 Å². The summed E-state index contributed by atoms with van der Waals surface area (Å²) in [5.74, 6) is -1.22. The first-order valence-electron chi connectivity index (χ1n) is 10.1. The molecule has 1 saturated heterocycles. The maximum absolute atomic E-state index is 13.1. The molecule has 3 aromatic rings. The third-order valence-corrected chi connectivity index (χ3v) is 5.22. The highest BCUT2D eigenvalue weighted by atomic mass is 16.6. The van der Waals surface area contributed by atoms with Crippen LogP contribution >= 0.6 is 0 Å². The van der Waals surface area contributed by atoms with Crippen molar-refractivity contribution in [2.24, 2.45) is 0 Å². The first-order chi connectivity index (χ1) is 16.3. The number of nitro groups is 1. The summed E-state index contributed by atoms with van der Waals surface area (Å²) in [7, 11) is 0. The van der Waals surface area contributed by atoms with Crippen LogP contribution < -0.4 is 9.64 Å². The number of ether oxygens (including phenoxy) is 1. The zero-order valence-electron chi connectivity index (χ0n) is 18.0. The third-order valence-electron chi connectivity index (χ3n) is 5.22. The van der Waals surface area contributed by atoms with Gasteiger partial charge in [-0.25, -0.2) is 0 Å². The number of Topliss-reactive ketones (excluding diaryl/α,β-unsaturated/α-hetero) is 1. The van der Waals surface area contributed by atoms with Crippen LogP contribution in [0.25, 0.3) is 5.76 Å². The Morgan fingerprint density at radius 1 is 1.24 bits per heavy atom. The van der Waals surface area contributed by atoms with Gasteiger partial charge in [-0.1, -0.05) is 17.8 Å². The van der Waals surface area contributed by atoms with Crippen molar-refractivity contribution in [3.05, 3.63) is 99.8 Å². The normalized spacial score (nSPS) is 17.1. The average molecular weight is 461 g/mol. The minimum Gasteiger partial charge on any atom is -0.507 e. The van der Waals surface area contributed by atoms with Gasteiger partial charge in [-0.3, -0.25) is 24.6 Å². The van der Waals surface area contributed by atoms with Gasteiger partial charge in [0.2, 0.25) is 0 Å². The van der Waals surface area contributed by atoms with Crippen molar-refractivity contribution in [2.75, 3.05) is 11.5 Å². The second-order valence-electron chi connectivity index (χ2n) is 7.44. The molecular formula is C24H19N3O7. The first-order valence-corrected chi connectivity index (χ1v) is 10.1. The summed E-state index contributed by atoms with van der Waals surface area (Å²) >= 11 is 0. The fourth-order valence-corrected chi connectivity index (χ4v) is 3.65. The van der Waals surface area contributed by atoms with Gasteiger partial charge in [0.1, 0.15) is 23.9 Å². The van der Waals surface area contributed by atoms with E-state index in [2.05, 4.69) is 11.7 Å². The minimum atomic E-state index is -1.08. The second-order valence-corrected chi connectivity index (χ2v) is 7.44. The van der Waals surface area contributed by atoms with Crippen molar-refractivity contribution in [3.8, 4) is 5.75 Å². The Morgan fingerprint density at radius 2 is 1.91 bits per heavy atom. The fourth-order valence-electron chi connectivity index (χ4n) is 3.65. The van der Waals surface area contributed by atoms with Gasteiger partial charge in [-0.2, -0.15) is 0 Å². The molecule has 10 heteroatoms. The van der Waals surface area contributed by atoms with Gasteiger partial charge in [0, 0.05) is 23.8 Å². The molecule has 2 aromatic carbocycles. The van der Waals surface area contributed by atoms with Crippen molar-refractivity contribution in [1.29, 1.82) is 0 Å². The number of nitrogens with zero attached hydrogens (tertiary/aromatic N) is 3. The number of amides is 1. The number of benzene rings is 2. The topological polar surface area (TPSA) is 136 Å². The van der Waals surface area contributed by atoms with E-state index in [1.165, 1.54) is 30.3 Å². The lowest BCUT2D eigenvalue weighted by Crippen LogP contribution is -2.29. The Labute approximate surface area is 193 Å². The molecule has 34 heavy (non-hydrogen) atoms. The van der Waals surface area contributed by atoms with Crippen LogP contribution in [0, 0.1) is 17.0 Å². The van der Waals surface area contributed by atoms with Crippen LogP contribution in [-0.4, -0.2) is 33.5 Å². The van der Waals surface area contributed by atoms with E-state index in [0.29, 0.717) is 23.7 Å². The molecule has 0 spiro atoms. The summed E-state index contributed by atoms with van der Waals surface area (Å²) in [6.07, 6.45) is 1.59. The zero-order chi connectivity index (χ0) is 24.4. The number of rotatable bonds is 7. The number of carbonyl (C=O) groups excluding carboxylic acids is 2. The highest BCUT2D eigenvalue weighted by Crippen LogP contribution is 2.42. The molecule has 10 nitrogen and oxygen atoms in total. The molecule has 1 fully saturated rings. The van der Waals surface area contributed by atoms with Crippen LogP contribution in [0.2, 0.25) is 0 Å². The van der Waals surface area contributed by atoms with Crippen LogP contribution in [0.5, 0.6) is 5.75 Å². The molecule has 0 aliphatic carbocycles. The maximum atomic E-state index is 13.1. The summed E-state index contributed by atoms with van der Waals surface area (Å²) in [5, 5.41) is 26.0.